The van der Waals surface area contributed by atoms with Gasteiger partial charge in [0, 0.05) is 17.5 Å². The van der Waals surface area contributed by atoms with Crippen molar-refractivity contribution in [3.63, 3.8) is 0 Å². The van der Waals surface area contributed by atoms with E-state index in [9.17, 15) is 13.5 Å². The molecule has 0 atom stereocenters. The summed E-state index contributed by atoms with van der Waals surface area (Å²) in [5.74, 6) is 0.0909. The van der Waals surface area contributed by atoms with Crippen molar-refractivity contribution in [2.24, 2.45) is 5.16 Å². The number of phenols is 1. The molecule has 0 aromatic heterocycles. The monoisotopic (exact) mass is 330 g/mol. The number of thiol groups is 1. The second-order valence-corrected chi connectivity index (χ2v) is 6.31. The fraction of sp³-hybridized carbons (Fsp3) is 0.235. The van der Waals surface area contributed by atoms with Gasteiger partial charge in [0.25, 0.3) is 0 Å². The third kappa shape index (κ3) is 3.07. The lowest BCUT2D eigenvalue weighted by molar-refractivity contribution is 0.174. The summed E-state index contributed by atoms with van der Waals surface area (Å²) >= 11 is 0. The number of aromatic hydroxyl groups is 1. The smallest absolute Gasteiger partial charge is 0.144 e. The van der Waals surface area contributed by atoms with E-state index in [1.807, 2.05) is 13.0 Å². The predicted octanol–water partition coefficient (Wildman–Crippen LogP) is 2.40. The molecule has 3 rings (SSSR count). The average molecular weight is 330 g/mol. The van der Waals surface area contributed by atoms with Gasteiger partial charge in [0.05, 0.1) is 11.5 Å². The Morgan fingerprint density at radius 3 is 2.78 bits per heavy atom. The summed E-state index contributed by atoms with van der Waals surface area (Å²) in [6.45, 7) is 2.40. The molecule has 0 bridgehead atoms. The molecule has 23 heavy (non-hydrogen) atoms. The lowest BCUT2D eigenvalue weighted by Crippen LogP contribution is -2.08. The number of hydrogen-bond acceptors (Lipinski definition) is 5. The van der Waals surface area contributed by atoms with Crippen LogP contribution in [0, 0.1) is 13.0 Å². The highest BCUT2D eigenvalue weighted by Crippen LogP contribution is 2.34. The largest absolute Gasteiger partial charge is 0.507 e. The fourth-order valence-electron chi connectivity index (χ4n) is 2.86. The highest BCUT2D eigenvalue weighted by Gasteiger charge is 2.20. The highest BCUT2D eigenvalue weighted by atomic mass is 32.2. The fourth-order valence-corrected chi connectivity index (χ4v) is 3.41. The van der Waals surface area contributed by atoms with E-state index in [4.69, 9.17) is 4.84 Å². The molecule has 1 N–H and O–H groups in total. The Hall–Kier alpha value is -2.34. The van der Waals surface area contributed by atoms with Gasteiger partial charge < -0.3 is 9.94 Å². The second-order valence-electron chi connectivity index (χ2n) is 5.33. The summed E-state index contributed by atoms with van der Waals surface area (Å²) in [6, 6.07) is 11.4. The third-order valence-corrected chi connectivity index (χ3v) is 4.48. The number of benzene rings is 2. The molecule has 0 saturated heterocycles. The molecule has 1 radical (unpaired) electrons. The number of oxime groups is 1. The molecule has 6 heteroatoms. The summed E-state index contributed by atoms with van der Waals surface area (Å²) in [6.07, 6.45) is 0.640. The summed E-state index contributed by atoms with van der Waals surface area (Å²) in [7, 11) is -2.54. The Kier molecular flexibility index (Phi) is 4.34. The van der Waals surface area contributed by atoms with Gasteiger partial charge in [-0.15, -0.1) is 0 Å². The number of hydrogen-bond donors (Lipinski definition) is 2. The minimum Gasteiger partial charge on any atom is -0.507 e. The van der Waals surface area contributed by atoms with E-state index in [0.29, 0.717) is 24.2 Å². The van der Waals surface area contributed by atoms with Gasteiger partial charge in [-0.25, -0.2) is 8.42 Å². The van der Waals surface area contributed by atoms with E-state index in [-0.39, 0.29) is 11.5 Å². The number of nitrogens with zero attached hydrogens (tertiary/aromatic N) is 1. The van der Waals surface area contributed by atoms with Crippen LogP contribution in [0.1, 0.15) is 23.1 Å². The van der Waals surface area contributed by atoms with Gasteiger partial charge in [-0.3, -0.25) is 0 Å². The van der Waals surface area contributed by atoms with E-state index in [1.54, 1.807) is 18.2 Å². The molecule has 0 amide bonds. The lowest BCUT2D eigenvalue weighted by atomic mass is 9.90. The van der Waals surface area contributed by atoms with Crippen molar-refractivity contribution < 1.29 is 18.4 Å². The standard InChI is InChI=1S/C17H16NO4S/c1-11-13(14-4-2-3-5-16(14)19)7-6-12(10-23(20)21)17(11)15-8-9-22-18-15/h2,4-7,19,23H,8-10H2,1H3. The Bertz CT molecular complexity index is 848. The predicted molar refractivity (Wildman–Crippen MR) is 88.2 cm³/mol. The van der Waals surface area contributed by atoms with E-state index >= 15 is 0 Å². The van der Waals surface area contributed by atoms with Crippen LogP contribution in [-0.2, 0) is 21.3 Å². The van der Waals surface area contributed by atoms with Crippen LogP contribution in [0.3, 0.4) is 0 Å². The maximum absolute atomic E-state index is 11.2. The van der Waals surface area contributed by atoms with Gasteiger partial charge in [0.1, 0.15) is 23.1 Å². The minimum absolute atomic E-state index is 0.0423. The van der Waals surface area contributed by atoms with E-state index in [0.717, 1.165) is 22.4 Å². The Labute approximate surface area is 136 Å². The number of rotatable bonds is 4. The molecule has 5 nitrogen and oxygen atoms in total. The molecule has 2 aromatic carbocycles. The van der Waals surface area contributed by atoms with Crippen molar-refractivity contribution in [1.82, 2.24) is 0 Å². The first-order valence-electron chi connectivity index (χ1n) is 7.21. The molecule has 0 aliphatic carbocycles. The van der Waals surface area contributed by atoms with Crippen molar-refractivity contribution >= 4 is 16.4 Å². The van der Waals surface area contributed by atoms with Crippen LogP contribution in [0.4, 0.5) is 0 Å². The highest BCUT2D eigenvalue weighted by molar-refractivity contribution is 7.71. The van der Waals surface area contributed by atoms with Crippen LogP contribution in [0.5, 0.6) is 5.75 Å². The Morgan fingerprint density at radius 2 is 2.13 bits per heavy atom. The lowest BCUT2D eigenvalue weighted by Gasteiger charge is -2.15. The van der Waals surface area contributed by atoms with Crippen molar-refractivity contribution in [3.8, 4) is 16.9 Å². The molecule has 0 unspecified atom stereocenters. The molecule has 119 valence electrons. The first-order chi connectivity index (χ1) is 11.1. The molecule has 2 aromatic rings. The van der Waals surface area contributed by atoms with Gasteiger partial charge >= 0.3 is 0 Å². The second kappa shape index (κ2) is 6.42. The van der Waals surface area contributed by atoms with Gasteiger partial charge in [-0.2, -0.15) is 0 Å². The minimum atomic E-state index is -2.54. The topological polar surface area (TPSA) is 76.0 Å². The molecule has 0 fully saturated rings. The summed E-state index contributed by atoms with van der Waals surface area (Å²) in [5.41, 5.74) is 4.65. The van der Waals surface area contributed by atoms with Crippen LogP contribution in [-0.4, -0.2) is 25.8 Å². The normalized spacial score (nSPS) is 13.9. The molecular formula is C17H16NO4S. The first kappa shape index (κ1) is 15.6. The van der Waals surface area contributed by atoms with Crippen molar-refractivity contribution in [1.29, 1.82) is 0 Å². The molecule has 0 saturated carbocycles. The van der Waals surface area contributed by atoms with Crippen LogP contribution in [0.2, 0.25) is 0 Å². The van der Waals surface area contributed by atoms with Crippen LogP contribution >= 0.6 is 0 Å². The molecular weight excluding hydrogens is 314 g/mol. The summed E-state index contributed by atoms with van der Waals surface area (Å²) in [5, 5.41) is 14.1. The van der Waals surface area contributed by atoms with Gasteiger partial charge in [-0.1, -0.05) is 29.4 Å². The van der Waals surface area contributed by atoms with Crippen molar-refractivity contribution in [2.75, 3.05) is 6.61 Å². The molecule has 1 heterocycles. The van der Waals surface area contributed by atoms with Gasteiger partial charge in [-0.05, 0) is 35.7 Å². The first-order valence-corrected chi connectivity index (χ1v) is 8.57. The quantitative estimate of drug-likeness (QED) is 0.844. The van der Waals surface area contributed by atoms with Crippen molar-refractivity contribution in [2.45, 2.75) is 19.1 Å². The zero-order chi connectivity index (χ0) is 16.4. The molecule has 1 aliphatic heterocycles. The van der Waals surface area contributed by atoms with E-state index in [1.165, 1.54) is 6.07 Å². The van der Waals surface area contributed by atoms with Crippen LogP contribution in [0.15, 0.2) is 35.5 Å². The SMILES string of the molecule is Cc1c(-c2cc[c]cc2O)ccc(C[SH](=O)=O)c1C1=NOCC1. The van der Waals surface area contributed by atoms with Crippen LogP contribution < -0.4 is 0 Å². The zero-order valence-corrected chi connectivity index (χ0v) is 13.5. The van der Waals surface area contributed by atoms with E-state index < -0.39 is 10.7 Å². The van der Waals surface area contributed by atoms with Gasteiger partial charge in [0.15, 0.2) is 0 Å². The number of phenolic OH excluding ortho intramolecular Hbond substituents is 1. The van der Waals surface area contributed by atoms with Gasteiger partial charge in [0.2, 0.25) is 0 Å². The maximum Gasteiger partial charge on any atom is 0.144 e. The van der Waals surface area contributed by atoms with E-state index in [2.05, 4.69) is 11.2 Å². The summed E-state index contributed by atoms with van der Waals surface area (Å²) < 4.78 is 22.4. The Balaban J connectivity index is 2.21. The zero-order valence-electron chi connectivity index (χ0n) is 12.6. The van der Waals surface area contributed by atoms with Crippen LogP contribution in [0.25, 0.3) is 11.1 Å². The Morgan fingerprint density at radius 1 is 1.30 bits per heavy atom. The van der Waals surface area contributed by atoms with Crippen molar-refractivity contribution in [3.05, 3.63) is 53.1 Å². The third-order valence-electron chi connectivity index (χ3n) is 3.88. The summed E-state index contributed by atoms with van der Waals surface area (Å²) in [4.78, 5) is 5.08. The molecule has 1 aliphatic rings. The molecule has 0 spiro atoms. The maximum atomic E-state index is 11.2. The average Bonchev–Trinajstić information content (AvgIpc) is 3.02.